The lowest BCUT2D eigenvalue weighted by Crippen LogP contribution is -2.27. The van der Waals surface area contributed by atoms with Gasteiger partial charge in [-0.05, 0) is 43.8 Å². The van der Waals surface area contributed by atoms with Crippen molar-refractivity contribution in [2.75, 3.05) is 19.8 Å². The van der Waals surface area contributed by atoms with E-state index in [4.69, 9.17) is 4.18 Å². The van der Waals surface area contributed by atoms with E-state index in [0.29, 0.717) is 5.69 Å². The third-order valence-electron chi connectivity index (χ3n) is 4.90. The van der Waals surface area contributed by atoms with Crippen LogP contribution in [0.4, 0.5) is 4.39 Å². The Balaban J connectivity index is 2.05. The van der Waals surface area contributed by atoms with Crippen molar-refractivity contribution >= 4 is 21.0 Å². The molecule has 7 heteroatoms. The summed E-state index contributed by atoms with van der Waals surface area (Å²) in [4.78, 5) is 2.24. The molecule has 0 spiro atoms. The first kappa shape index (κ1) is 18.0. The van der Waals surface area contributed by atoms with Gasteiger partial charge in [-0.2, -0.15) is 8.42 Å². The number of fused-ring (bicyclic) bond motifs is 3. The van der Waals surface area contributed by atoms with Crippen LogP contribution in [0.5, 0.6) is 5.75 Å². The summed E-state index contributed by atoms with van der Waals surface area (Å²) in [6.07, 6.45) is 1.77. The van der Waals surface area contributed by atoms with E-state index in [9.17, 15) is 12.8 Å². The SMILES string of the molecule is Cc1ccc2c(c1)c1c(n2-c2cc(F)ccc2OS(C)(=O)=O)CCN(C)C1. The largest absolute Gasteiger partial charge is 0.380 e. The highest BCUT2D eigenvalue weighted by molar-refractivity contribution is 7.86. The quantitative estimate of drug-likeness (QED) is 0.646. The van der Waals surface area contributed by atoms with Crippen LogP contribution in [0, 0.1) is 12.7 Å². The van der Waals surface area contributed by atoms with Gasteiger partial charge in [0.25, 0.3) is 0 Å². The Bertz CT molecular complexity index is 1150. The van der Waals surface area contributed by atoms with Crippen LogP contribution in [0.3, 0.4) is 0 Å². The highest BCUT2D eigenvalue weighted by atomic mass is 32.2. The summed E-state index contributed by atoms with van der Waals surface area (Å²) >= 11 is 0. The maximum absolute atomic E-state index is 14.1. The van der Waals surface area contributed by atoms with Gasteiger partial charge in [-0.15, -0.1) is 0 Å². The predicted octanol–water partition coefficient (Wildman–Crippen LogP) is 3.40. The number of aryl methyl sites for hydroxylation is 1. The molecule has 1 aliphatic heterocycles. The first-order valence-electron chi connectivity index (χ1n) is 8.74. The van der Waals surface area contributed by atoms with Crippen LogP contribution in [0.1, 0.15) is 16.8 Å². The van der Waals surface area contributed by atoms with E-state index in [1.165, 1.54) is 23.8 Å². The Kier molecular flexibility index (Phi) is 4.24. The van der Waals surface area contributed by atoms with Crippen molar-refractivity contribution in [3.05, 3.63) is 59.0 Å². The zero-order chi connectivity index (χ0) is 19.3. The summed E-state index contributed by atoms with van der Waals surface area (Å²) in [5.74, 6) is -0.320. The van der Waals surface area contributed by atoms with Gasteiger partial charge < -0.3 is 13.7 Å². The Morgan fingerprint density at radius 3 is 2.67 bits per heavy atom. The maximum atomic E-state index is 14.1. The Morgan fingerprint density at radius 2 is 1.93 bits per heavy atom. The number of nitrogens with zero attached hydrogens (tertiary/aromatic N) is 2. The van der Waals surface area contributed by atoms with Crippen molar-refractivity contribution in [1.29, 1.82) is 0 Å². The van der Waals surface area contributed by atoms with Crippen LogP contribution < -0.4 is 4.18 Å². The molecule has 0 atom stereocenters. The van der Waals surface area contributed by atoms with Gasteiger partial charge in [-0.1, -0.05) is 11.6 Å². The maximum Gasteiger partial charge on any atom is 0.306 e. The van der Waals surface area contributed by atoms with Crippen molar-refractivity contribution in [1.82, 2.24) is 9.47 Å². The molecule has 0 aliphatic carbocycles. The van der Waals surface area contributed by atoms with Gasteiger partial charge in [0.2, 0.25) is 0 Å². The summed E-state index contributed by atoms with van der Waals surface area (Å²) in [6.45, 7) is 3.70. The van der Waals surface area contributed by atoms with E-state index >= 15 is 0 Å². The summed E-state index contributed by atoms with van der Waals surface area (Å²) in [5, 5.41) is 1.10. The summed E-state index contributed by atoms with van der Waals surface area (Å²) in [6, 6.07) is 10.0. The Hall–Kier alpha value is -2.38. The molecule has 27 heavy (non-hydrogen) atoms. The van der Waals surface area contributed by atoms with Crippen LogP contribution in [-0.2, 0) is 23.1 Å². The second-order valence-corrected chi connectivity index (χ2v) is 8.74. The van der Waals surface area contributed by atoms with E-state index < -0.39 is 15.9 Å². The number of hydrogen-bond acceptors (Lipinski definition) is 4. The molecule has 4 rings (SSSR count). The number of aromatic nitrogens is 1. The molecule has 0 radical (unpaired) electrons. The van der Waals surface area contributed by atoms with Crippen LogP contribution in [-0.4, -0.2) is 37.7 Å². The smallest absolute Gasteiger partial charge is 0.306 e. The fourth-order valence-electron chi connectivity index (χ4n) is 3.78. The van der Waals surface area contributed by atoms with E-state index in [1.54, 1.807) is 0 Å². The van der Waals surface area contributed by atoms with Crippen molar-refractivity contribution in [3.8, 4) is 11.4 Å². The molecule has 0 saturated carbocycles. The number of halogens is 1. The molecule has 5 nitrogen and oxygen atoms in total. The fraction of sp³-hybridized carbons (Fsp3) is 0.300. The van der Waals surface area contributed by atoms with E-state index in [1.807, 2.05) is 23.6 Å². The van der Waals surface area contributed by atoms with Gasteiger partial charge in [-0.3, -0.25) is 0 Å². The molecule has 0 saturated heterocycles. The molecule has 0 fully saturated rings. The average molecular weight is 388 g/mol. The standard InChI is InChI=1S/C20H21FN2O3S/c1-13-4-6-17-15(10-13)16-12-22(2)9-8-18(16)23(17)19-11-14(21)5-7-20(19)26-27(3,24)25/h4-7,10-11H,8-9,12H2,1-3H3. The van der Waals surface area contributed by atoms with Crippen molar-refractivity contribution in [3.63, 3.8) is 0 Å². The molecule has 3 aromatic rings. The Morgan fingerprint density at radius 1 is 1.15 bits per heavy atom. The molecule has 142 valence electrons. The zero-order valence-electron chi connectivity index (χ0n) is 15.5. The first-order valence-corrected chi connectivity index (χ1v) is 10.6. The molecule has 2 heterocycles. The number of rotatable bonds is 3. The topological polar surface area (TPSA) is 51.5 Å². The minimum absolute atomic E-state index is 0.123. The van der Waals surface area contributed by atoms with E-state index in [2.05, 4.69) is 18.0 Å². The lowest BCUT2D eigenvalue weighted by Gasteiger charge is -2.24. The highest BCUT2D eigenvalue weighted by Crippen LogP contribution is 2.37. The number of likely N-dealkylation sites (N-methyl/N-ethyl adjacent to an activating group) is 1. The second kappa shape index (κ2) is 6.35. The zero-order valence-corrected chi connectivity index (χ0v) is 16.3. The fourth-order valence-corrected chi connectivity index (χ4v) is 4.25. The normalized spacial score (nSPS) is 15.1. The van der Waals surface area contributed by atoms with Gasteiger partial charge in [0.05, 0.1) is 17.5 Å². The second-order valence-electron chi connectivity index (χ2n) is 7.17. The monoisotopic (exact) mass is 388 g/mol. The summed E-state index contributed by atoms with van der Waals surface area (Å²) < 4.78 is 44.7. The van der Waals surface area contributed by atoms with Crippen molar-refractivity contribution in [2.45, 2.75) is 19.9 Å². The van der Waals surface area contributed by atoms with Crippen LogP contribution in [0.25, 0.3) is 16.6 Å². The van der Waals surface area contributed by atoms with E-state index in [0.717, 1.165) is 47.9 Å². The third kappa shape index (κ3) is 3.33. The molecular formula is C20H21FN2O3S. The van der Waals surface area contributed by atoms with Gasteiger partial charge in [0, 0.05) is 36.7 Å². The minimum Gasteiger partial charge on any atom is -0.380 e. The average Bonchev–Trinajstić information content (AvgIpc) is 2.88. The lowest BCUT2D eigenvalue weighted by molar-refractivity contribution is 0.311. The van der Waals surface area contributed by atoms with E-state index in [-0.39, 0.29) is 5.75 Å². The highest BCUT2D eigenvalue weighted by Gasteiger charge is 2.25. The van der Waals surface area contributed by atoms with Crippen molar-refractivity contribution in [2.24, 2.45) is 0 Å². The number of hydrogen-bond donors (Lipinski definition) is 0. The van der Waals surface area contributed by atoms with Gasteiger partial charge >= 0.3 is 10.1 Å². The lowest BCUT2D eigenvalue weighted by atomic mass is 10.0. The molecule has 1 aliphatic rings. The molecule has 0 unspecified atom stereocenters. The molecule has 2 aromatic carbocycles. The third-order valence-corrected chi connectivity index (χ3v) is 5.38. The number of benzene rings is 2. The molecule has 1 aromatic heterocycles. The van der Waals surface area contributed by atoms with Gasteiger partial charge in [0.15, 0.2) is 5.75 Å². The van der Waals surface area contributed by atoms with Crippen molar-refractivity contribution < 1.29 is 17.0 Å². The van der Waals surface area contributed by atoms with Gasteiger partial charge in [-0.25, -0.2) is 4.39 Å². The van der Waals surface area contributed by atoms with Crippen LogP contribution >= 0.6 is 0 Å². The molecule has 0 bridgehead atoms. The summed E-state index contributed by atoms with van der Waals surface area (Å²) in [5.41, 5.74) is 4.72. The molecule has 0 amide bonds. The van der Waals surface area contributed by atoms with Crippen LogP contribution in [0.15, 0.2) is 36.4 Å². The molecular weight excluding hydrogens is 367 g/mol. The molecule has 0 N–H and O–H groups in total. The van der Waals surface area contributed by atoms with Gasteiger partial charge in [0.1, 0.15) is 5.82 Å². The predicted molar refractivity (Wildman–Crippen MR) is 103 cm³/mol. The first-order chi connectivity index (χ1) is 12.7. The minimum atomic E-state index is -3.74. The summed E-state index contributed by atoms with van der Waals surface area (Å²) in [7, 11) is -1.67. The van der Waals surface area contributed by atoms with Crippen LogP contribution in [0.2, 0.25) is 0 Å². The Labute approximate surface area is 158 Å².